The summed E-state index contributed by atoms with van der Waals surface area (Å²) in [5, 5.41) is 13.5. The highest BCUT2D eigenvalue weighted by molar-refractivity contribution is 5.61. The standard InChI is InChI=1S/C20H31N5/c1-3-4-6-10-22-19-18-15-24(2)13-9-16(18)17(14-21)20(23-19)25-11-7-5-8-12-25/h3-13,15H2,1-2H3,(H,22,23)/p+2. The van der Waals surface area contributed by atoms with E-state index in [1.54, 1.807) is 0 Å². The molecule has 1 saturated heterocycles. The molecule has 25 heavy (non-hydrogen) atoms. The Labute approximate surface area is 152 Å². The van der Waals surface area contributed by atoms with E-state index >= 15 is 0 Å². The van der Waals surface area contributed by atoms with Crippen LogP contribution in [0, 0.1) is 11.3 Å². The second-order valence-electron chi connectivity index (χ2n) is 7.61. The number of rotatable bonds is 6. The second-order valence-corrected chi connectivity index (χ2v) is 7.61. The minimum Gasteiger partial charge on any atom is -0.333 e. The first-order valence-corrected chi connectivity index (χ1v) is 10.1. The van der Waals surface area contributed by atoms with Crippen LogP contribution >= 0.6 is 0 Å². The van der Waals surface area contributed by atoms with Gasteiger partial charge in [0, 0.05) is 6.42 Å². The third-order valence-corrected chi connectivity index (χ3v) is 5.59. The molecule has 0 radical (unpaired) electrons. The van der Waals surface area contributed by atoms with Gasteiger partial charge in [-0.05, 0) is 31.2 Å². The van der Waals surface area contributed by atoms with Crippen LogP contribution in [0.2, 0.25) is 0 Å². The Morgan fingerprint density at radius 3 is 2.72 bits per heavy atom. The van der Waals surface area contributed by atoms with Crippen LogP contribution in [0.5, 0.6) is 0 Å². The van der Waals surface area contributed by atoms with Gasteiger partial charge >= 0.3 is 0 Å². The molecule has 0 aliphatic carbocycles. The molecule has 3 rings (SSSR count). The van der Waals surface area contributed by atoms with Crippen LogP contribution in [-0.4, -0.2) is 33.2 Å². The average molecular weight is 344 g/mol. The van der Waals surface area contributed by atoms with E-state index in [1.165, 1.54) is 54.6 Å². The summed E-state index contributed by atoms with van der Waals surface area (Å²) in [6, 6.07) is 2.53. The summed E-state index contributed by atoms with van der Waals surface area (Å²) >= 11 is 0. The first kappa shape index (κ1) is 18.0. The normalized spacial score (nSPS) is 20.0. The van der Waals surface area contributed by atoms with Gasteiger partial charge < -0.3 is 10.2 Å². The highest BCUT2D eigenvalue weighted by Gasteiger charge is 2.31. The predicted molar refractivity (Wildman–Crippen MR) is 101 cm³/mol. The van der Waals surface area contributed by atoms with Crippen molar-refractivity contribution in [2.45, 2.75) is 58.4 Å². The SMILES string of the molecule is CCCCCNc1[nH+]c(N2CCCCC2)c(C#N)c2c1C[NH+](C)CC2. The van der Waals surface area contributed by atoms with Gasteiger partial charge in [-0.15, -0.1) is 0 Å². The van der Waals surface area contributed by atoms with Gasteiger partial charge in [-0.3, -0.25) is 4.90 Å². The Balaban J connectivity index is 1.95. The lowest BCUT2D eigenvalue weighted by molar-refractivity contribution is -0.895. The van der Waals surface area contributed by atoms with Crippen molar-refractivity contribution in [3.63, 3.8) is 0 Å². The number of aromatic amines is 1. The summed E-state index contributed by atoms with van der Waals surface area (Å²) < 4.78 is 0. The number of nitrogens with one attached hydrogen (secondary N) is 3. The van der Waals surface area contributed by atoms with Crippen molar-refractivity contribution in [1.82, 2.24) is 0 Å². The maximum absolute atomic E-state index is 9.88. The van der Waals surface area contributed by atoms with E-state index in [9.17, 15) is 5.26 Å². The molecule has 1 aromatic rings. The van der Waals surface area contributed by atoms with Gasteiger partial charge in [0.25, 0.3) is 0 Å². The van der Waals surface area contributed by atoms with Crippen molar-refractivity contribution < 1.29 is 9.88 Å². The van der Waals surface area contributed by atoms with Gasteiger partial charge in [0.05, 0.1) is 38.8 Å². The van der Waals surface area contributed by atoms with E-state index in [-0.39, 0.29) is 0 Å². The molecule has 5 heteroatoms. The van der Waals surface area contributed by atoms with E-state index in [0.717, 1.165) is 56.3 Å². The lowest BCUT2D eigenvalue weighted by Crippen LogP contribution is -3.08. The maximum Gasteiger partial charge on any atom is 0.240 e. The summed E-state index contributed by atoms with van der Waals surface area (Å²) in [6.07, 6.45) is 8.45. The van der Waals surface area contributed by atoms with Crippen LogP contribution in [0.1, 0.15) is 62.1 Å². The van der Waals surface area contributed by atoms with Crippen LogP contribution in [0.15, 0.2) is 0 Å². The number of H-pyrrole nitrogens is 1. The number of nitrogens with zero attached hydrogens (tertiary/aromatic N) is 2. The summed E-state index contributed by atoms with van der Waals surface area (Å²) in [5.74, 6) is 2.21. The van der Waals surface area contributed by atoms with E-state index in [4.69, 9.17) is 0 Å². The summed E-state index contributed by atoms with van der Waals surface area (Å²) in [4.78, 5) is 7.55. The van der Waals surface area contributed by atoms with E-state index in [0.29, 0.717) is 0 Å². The summed E-state index contributed by atoms with van der Waals surface area (Å²) in [5.41, 5.74) is 3.51. The first-order chi connectivity index (χ1) is 12.2. The van der Waals surface area contributed by atoms with E-state index < -0.39 is 0 Å². The largest absolute Gasteiger partial charge is 0.333 e. The Bertz CT molecular complexity index is 628. The number of piperidine rings is 1. The lowest BCUT2D eigenvalue weighted by Gasteiger charge is -2.28. The molecule has 0 saturated carbocycles. The number of fused-ring (bicyclic) bond motifs is 1. The number of quaternary nitrogens is 1. The van der Waals surface area contributed by atoms with Crippen LogP contribution in [-0.2, 0) is 13.0 Å². The number of nitriles is 1. The molecule has 5 nitrogen and oxygen atoms in total. The molecule has 136 valence electrons. The Hall–Kier alpha value is -1.80. The highest BCUT2D eigenvalue weighted by Crippen LogP contribution is 2.29. The molecule has 0 amide bonds. The third kappa shape index (κ3) is 4.07. The molecular formula is C20H33N5+2. The van der Waals surface area contributed by atoms with Gasteiger partial charge in [0.1, 0.15) is 18.2 Å². The Morgan fingerprint density at radius 2 is 2.00 bits per heavy atom. The molecule has 1 aromatic heterocycles. The summed E-state index contributed by atoms with van der Waals surface area (Å²) in [6.45, 7) is 7.47. The lowest BCUT2D eigenvalue weighted by atomic mass is 9.95. The number of unbranched alkanes of at least 4 members (excludes halogenated alkanes) is 2. The minimum atomic E-state index is 0.892. The van der Waals surface area contributed by atoms with Crippen LogP contribution in [0.25, 0.3) is 0 Å². The number of hydrogen-bond donors (Lipinski definition) is 2. The monoisotopic (exact) mass is 343 g/mol. The fraction of sp³-hybridized carbons (Fsp3) is 0.700. The molecule has 1 fully saturated rings. The third-order valence-electron chi connectivity index (χ3n) is 5.59. The van der Waals surface area contributed by atoms with Crippen molar-refractivity contribution in [1.29, 1.82) is 5.26 Å². The molecule has 2 aliphatic rings. The van der Waals surface area contributed by atoms with E-state index in [1.807, 2.05) is 0 Å². The second kappa shape index (κ2) is 8.53. The van der Waals surface area contributed by atoms with Crippen LogP contribution in [0.4, 0.5) is 11.6 Å². The topological polar surface area (TPSA) is 57.6 Å². The van der Waals surface area contributed by atoms with Crippen LogP contribution < -0.4 is 20.1 Å². The fourth-order valence-corrected chi connectivity index (χ4v) is 4.11. The molecule has 0 aromatic carbocycles. The van der Waals surface area contributed by atoms with Gasteiger partial charge in [0.2, 0.25) is 11.6 Å². The predicted octanol–water partition coefficient (Wildman–Crippen LogP) is 1.54. The molecule has 0 spiro atoms. The molecule has 1 atom stereocenters. The zero-order valence-corrected chi connectivity index (χ0v) is 15.9. The fourth-order valence-electron chi connectivity index (χ4n) is 4.11. The van der Waals surface area contributed by atoms with Crippen molar-refractivity contribution >= 4 is 11.6 Å². The zero-order valence-electron chi connectivity index (χ0n) is 15.9. The number of aromatic nitrogens is 1. The van der Waals surface area contributed by atoms with Gasteiger partial charge in [-0.1, -0.05) is 19.8 Å². The number of pyridine rings is 1. The number of anilines is 2. The molecule has 1 unspecified atom stereocenters. The zero-order chi connectivity index (χ0) is 17.6. The Kier molecular flexibility index (Phi) is 6.14. The average Bonchev–Trinajstić information content (AvgIpc) is 2.65. The first-order valence-electron chi connectivity index (χ1n) is 10.1. The molecular weight excluding hydrogens is 310 g/mol. The Morgan fingerprint density at radius 1 is 1.20 bits per heavy atom. The quantitative estimate of drug-likeness (QED) is 0.770. The number of hydrogen-bond acceptors (Lipinski definition) is 3. The van der Waals surface area contributed by atoms with Gasteiger partial charge in [0.15, 0.2) is 0 Å². The van der Waals surface area contributed by atoms with Gasteiger partial charge in [-0.2, -0.15) is 5.26 Å². The maximum atomic E-state index is 9.88. The highest BCUT2D eigenvalue weighted by atomic mass is 15.2. The molecule has 3 heterocycles. The van der Waals surface area contributed by atoms with Crippen molar-refractivity contribution in [3.8, 4) is 6.07 Å². The van der Waals surface area contributed by atoms with Crippen LogP contribution in [0.3, 0.4) is 0 Å². The molecule has 2 aliphatic heterocycles. The minimum absolute atomic E-state index is 0.892. The van der Waals surface area contributed by atoms with E-state index in [2.05, 4.69) is 35.2 Å². The molecule has 0 bridgehead atoms. The van der Waals surface area contributed by atoms with Gasteiger partial charge in [-0.25, -0.2) is 4.98 Å². The van der Waals surface area contributed by atoms with Crippen molar-refractivity contribution in [2.75, 3.05) is 43.4 Å². The molecule has 3 N–H and O–H groups in total. The summed E-state index contributed by atoms with van der Waals surface area (Å²) in [7, 11) is 2.24. The van der Waals surface area contributed by atoms with Crippen molar-refractivity contribution in [2.24, 2.45) is 0 Å². The smallest absolute Gasteiger partial charge is 0.240 e. The van der Waals surface area contributed by atoms with Crippen molar-refractivity contribution in [3.05, 3.63) is 16.7 Å². The number of likely N-dealkylation sites (N-methyl/N-ethyl adjacent to an activating group) is 1.